The van der Waals surface area contributed by atoms with Gasteiger partial charge < -0.3 is 15.4 Å². The minimum atomic E-state index is -0.247. The van der Waals surface area contributed by atoms with Crippen molar-refractivity contribution in [3.05, 3.63) is 0 Å². The maximum atomic E-state index is 11.0. The highest BCUT2D eigenvalue weighted by Crippen LogP contribution is 2.28. The number of likely N-dealkylation sites (tertiary alicyclic amines) is 1. The molecule has 1 saturated carbocycles. The highest BCUT2D eigenvalue weighted by atomic mass is 16.5. The average molecular weight is 184 g/mol. The Kier molecular flexibility index (Phi) is 2.51. The Morgan fingerprint density at radius 2 is 2.31 bits per heavy atom. The molecule has 0 aromatic carbocycles. The summed E-state index contributed by atoms with van der Waals surface area (Å²) in [5.41, 5.74) is 5.44. The second kappa shape index (κ2) is 3.64. The lowest BCUT2D eigenvalue weighted by molar-refractivity contribution is -0.143. The third kappa shape index (κ3) is 2.19. The predicted molar refractivity (Wildman–Crippen MR) is 48.1 cm³/mol. The number of rotatable bonds is 5. The second-order valence-electron chi connectivity index (χ2n) is 3.91. The summed E-state index contributed by atoms with van der Waals surface area (Å²) in [4.78, 5) is 12.8. The van der Waals surface area contributed by atoms with Crippen molar-refractivity contribution in [1.29, 1.82) is 0 Å². The largest absolute Gasteiger partial charge is 0.379 e. The van der Waals surface area contributed by atoms with Gasteiger partial charge in [0.15, 0.2) is 0 Å². The van der Waals surface area contributed by atoms with E-state index in [1.54, 1.807) is 4.90 Å². The molecule has 1 aliphatic carbocycles. The number of nitrogens with two attached hydrogens (primary N) is 1. The molecule has 2 N–H and O–H groups in total. The first-order valence-corrected chi connectivity index (χ1v) is 4.89. The van der Waals surface area contributed by atoms with Gasteiger partial charge >= 0.3 is 0 Å². The summed E-state index contributed by atoms with van der Waals surface area (Å²) in [6, 6.07) is -0.247. The van der Waals surface area contributed by atoms with Crippen LogP contribution in [0.15, 0.2) is 0 Å². The van der Waals surface area contributed by atoms with Crippen molar-refractivity contribution in [2.24, 2.45) is 11.7 Å². The summed E-state index contributed by atoms with van der Waals surface area (Å²) in [5, 5.41) is 0. The molecule has 4 nitrogen and oxygen atoms in total. The number of β-lactam (4-membered cyclic amide) rings is 1. The Bertz CT molecular complexity index is 204. The zero-order valence-electron chi connectivity index (χ0n) is 7.74. The van der Waals surface area contributed by atoms with Crippen LogP contribution in [0.4, 0.5) is 0 Å². The summed E-state index contributed by atoms with van der Waals surface area (Å²) in [6.07, 6.45) is 2.63. The molecule has 1 heterocycles. The predicted octanol–water partition coefficient (Wildman–Crippen LogP) is -0.418. The summed E-state index contributed by atoms with van der Waals surface area (Å²) in [5.74, 6) is 0.865. The van der Waals surface area contributed by atoms with Gasteiger partial charge in [-0.15, -0.1) is 0 Å². The van der Waals surface area contributed by atoms with Crippen molar-refractivity contribution in [1.82, 2.24) is 4.90 Å². The summed E-state index contributed by atoms with van der Waals surface area (Å²) < 4.78 is 5.41. The quantitative estimate of drug-likeness (QED) is 0.466. The molecule has 2 fully saturated rings. The fourth-order valence-corrected chi connectivity index (χ4v) is 1.44. The van der Waals surface area contributed by atoms with Gasteiger partial charge in [0.05, 0.1) is 6.61 Å². The fourth-order valence-electron chi connectivity index (χ4n) is 1.44. The van der Waals surface area contributed by atoms with Gasteiger partial charge in [-0.25, -0.2) is 0 Å². The van der Waals surface area contributed by atoms with Crippen LogP contribution < -0.4 is 5.73 Å². The molecule has 1 aliphatic heterocycles. The van der Waals surface area contributed by atoms with E-state index in [4.69, 9.17) is 10.5 Å². The number of carbonyl (C=O) groups excluding carboxylic acids is 1. The van der Waals surface area contributed by atoms with Crippen LogP contribution in [0.5, 0.6) is 0 Å². The van der Waals surface area contributed by atoms with Gasteiger partial charge in [0.2, 0.25) is 5.91 Å². The van der Waals surface area contributed by atoms with E-state index < -0.39 is 0 Å². The van der Waals surface area contributed by atoms with Gasteiger partial charge in [-0.1, -0.05) is 0 Å². The number of hydrogen-bond acceptors (Lipinski definition) is 3. The van der Waals surface area contributed by atoms with E-state index in [0.717, 1.165) is 12.5 Å². The monoisotopic (exact) mass is 184 g/mol. The van der Waals surface area contributed by atoms with Gasteiger partial charge in [-0.05, 0) is 18.8 Å². The summed E-state index contributed by atoms with van der Waals surface area (Å²) in [7, 11) is 0. The number of carbonyl (C=O) groups is 1. The summed E-state index contributed by atoms with van der Waals surface area (Å²) in [6.45, 7) is 2.94. The molecule has 0 radical (unpaired) electrons. The van der Waals surface area contributed by atoms with Crippen molar-refractivity contribution in [3.8, 4) is 0 Å². The Morgan fingerprint density at radius 3 is 2.85 bits per heavy atom. The molecule has 0 spiro atoms. The van der Waals surface area contributed by atoms with Crippen molar-refractivity contribution in [2.75, 3.05) is 26.3 Å². The molecule has 1 unspecified atom stereocenters. The minimum Gasteiger partial charge on any atom is -0.379 e. The van der Waals surface area contributed by atoms with Gasteiger partial charge in [-0.2, -0.15) is 0 Å². The van der Waals surface area contributed by atoms with Crippen LogP contribution in [0, 0.1) is 5.92 Å². The van der Waals surface area contributed by atoms with Gasteiger partial charge in [0.1, 0.15) is 6.04 Å². The Labute approximate surface area is 78.0 Å². The van der Waals surface area contributed by atoms with Crippen LogP contribution in [0.3, 0.4) is 0 Å². The number of ether oxygens (including phenoxy) is 1. The first-order valence-electron chi connectivity index (χ1n) is 4.89. The van der Waals surface area contributed by atoms with Crippen LogP contribution in [-0.2, 0) is 9.53 Å². The lowest BCUT2D eigenvalue weighted by Gasteiger charge is -2.35. The van der Waals surface area contributed by atoms with E-state index >= 15 is 0 Å². The fraction of sp³-hybridized carbons (Fsp3) is 0.889. The van der Waals surface area contributed by atoms with E-state index in [1.807, 2.05) is 0 Å². The Balaban J connectivity index is 1.50. The SMILES string of the molecule is NC1CN(CCOCC2CC2)C1=O. The summed E-state index contributed by atoms with van der Waals surface area (Å²) >= 11 is 0. The minimum absolute atomic E-state index is 0.0648. The van der Waals surface area contributed by atoms with Crippen LogP contribution in [0.2, 0.25) is 0 Å². The van der Waals surface area contributed by atoms with Gasteiger partial charge in [-0.3, -0.25) is 4.79 Å². The van der Waals surface area contributed by atoms with E-state index in [0.29, 0.717) is 19.7 Å². The van der Waals surface area contributed by atoms with Crippen LogP contribution in [-0.4, -0.2) is 43.2 Å². The zero-order valence-corrected chi connectivity index (χ0v) is 7.74. The molecule has 0 aromatic rings. The van der Waals surface area contributed by atoms with E-state index in [1.165, 1.54) is 12.8 Å². The molecule has 1 amide bonds. The Hall–Kier alpha value is -0.610. The maximum Gasteiger partial charge on any atom is 0.241 e. The van der Waals surface area contributed by atoms with E-state index in [-0.39, 0.29) is 11.9 Å². The van der Waals surface area contributed by atoms with Crippen LogP contribution in [0.1, 0.15) is 12.8 Å². The first-order chi connectivity index (χ1) is 6.27. The highest BCUT2D eigenvalue weighted by Gasteiger charge is 2.32. The standard InChI is InChI=1S/C9H16N2O2/c10-8-5-11(9(8)12)3-4-13-6-7-1-2-7/h7-8H,1-6,10H2. The molecule has 4 heteroatoms. The molecular formula is C9H16N2O2. The molecule has 0 aromatic heterocycles. The van der Waals surface area contributed by atoms with Gasteiger partial charge in [0.25, 0.3) is 0 Å². The lowest BCUT2D eigenvalue weighted by atomic mass is 10.1. The molecule has 74 valence electrons. The lowest BCUT2D eigenvalue weighted by Crippen LogP contribution is -2.61. The molecule has 2 rings (SSSR count). The zero-order chi connectivity index (χ0) is 9.26. The number of amides is 1. The molecule has 13 heavy (non-hydrogen) atoms. The maximum absolute atomic E-state index is 11.0. The van der Waals surface area contributed by atoms with Crippen molar-refractivity contribution in [3.63, 3.8) is 0 Å². The Morgan fingerprint density at radius 1 is 1.54 bits per heavy atom. The molecular weight excluding hydrogens is 168 g/mol. The number of nitrogens with zero attached hydrogens (tertiary/aromatic N) is 1. The molecule has 1 atom stereocenters. The van der Waals surface area contributed by atoms with Gasteiger partial charge in [0, 0.05) is 19.7 Å². The normalized spacial score (nSPS) is 27.6. The average Bonchev–Trinajstić information content (AvgIpc) is 2.93. The molecule has 2 aliphatic rings. The third-order valence-corrected chi connectivity index (χ3v) is 2.60. The number of hydrogen-bond donors (Lipinski definition) is 1. The highest BCUT2D eigenvalue weighted by molar-refractivity contribution is 5.87. The van der Waals surface area contributed by atoms with E-state index in [2.05, 4.69) is 0 Å². The van der Waals surface area contributed by atoms with E-state index in [9.17, 15) is 4.79 Å². The first kappa shape index (κ1) is 8.97. The van der Waals surface area contributed by atoms with Crippen molar-refractivity contribution < 1.29 is 9.53 Å². The smallest absolute Gasteiger partial charge is 0.241 e. The van der Waals surface area contributed by atoms with Crippen LogP contribution >= 0.6 is 0 Å². The van der Waals surface area contributed by atoms with Crippen molar-refractivity contribution in [2.45, 2.75) is 18.9 Å². The van der Waals surface area contributed by atoms with Crippen LogP contribution in [0.25, 0.3) is 0 Å². The van der Waals surface area contributed by atoms with Crippen molar-refractivity contribution >= 4 is 5.91 Å². The second-order valence-corrected chi connectivity index (χ2v) is 3.91. The molecule has 0 bridgehead atoms. The topological polar surface area (TPSA) is 55.6 Å². The molecule has 1 saturated heterocycles. The third-order valence-electron chi connectivity index (χ3n) is 2.60.